The maximum absolute atomic E-state index is 13.2. The molecule has 2 N–H and O–H groups in total. The quantitative estimate of drug-likeness (QED) is 0.208. The third kappa shape index (κ3) is 9.58. The number of hydrogen-bond acceptors (Lipinski definition) is 8. The number of methoxy groups -OCH3 is 1. The van der Waals surface area contributed by atoms with Crippen molar-refractivity contribution in [2.24, 2.45) is 17.8 Å². The lowest BCUT2D eigenvalue weighted by atomic mass is 9.87. The number of ether oxygens (including phenoxy) is 3. The van der Waals surface area contributed by atoms with Gasteiger partial charge in [0, 0.05) is 12.5 Å². The number of hydrogen-bond donors (Lipinski definition) is 2. The highest BCUT2D eigenvalue weighted by atomic mass is 32.1. The number of ketones is 1. The fourth-order valence-electron chi connectivity index (χ4n) is 5.32. The maximum atomic E-state index is 13.2. The molecule has 1 fully saturated rings. The first-order valence-electron chi connectivity index (χ1n) is 14.3. The summed E-state index contributed by atoms with van der Waals surface area (Å²) < 4.78 is 16.5. The molecule has 0 aromatic carbocycles. The number of thiophene rings is 1. The smallest absolute Gasteiger partial charge is 0.408 e. The lowest BCUT2D eigenvalue weighted by Gasteiger charge is -2.30. The Bertz CT molecular complexity index is 1020. The molecule has 4 atom stereocenters. The Morgan fingerprint density at radius 3 is 2.45 bits per heavy atom. The van der Waals surface area contributed by atoms with Crippen molar-refractivity contribution >= 4 is 40.8 Å². The van der Waals surface area contributed by atoms with Crippen molar-refractivity contribution in [3.05, 3.63) is 16.3 Å². The minimum atomic E-state index is -0.925. The van der Waals surface area contributed by atoms with E-state index in [-0.39, 0.29) is 30.6 Å². The van der Waals surface area contributed by atoms with E-state index in [1.54, 1.807) is 38.6 Å². The van der Waals surface area contributed by atoms with Crippen molar-refractivity contribution in [2.75, 3.05) is 19.0 Å². The van der Waals surface area contributed by atoms with Gasteiger partial charge in [-0.05, 0) is 62.3 Å². The number of rotatable bonds is 14. The van der Waals surface area contributed by atoms with Gasteiger partial charge in [0.05, 0.1) is 12.1 Å². The van der Waals surface area contributed by atoms with Crippen molar-refractivity contribution in [1.82, 2.24) is 5.32 Å². The van der Waals surface area contributed by atoms with Crippen molar-refractivity contribution in [3.8, 4) is 0 Å². The SMILES string of the molecule is CCCCC[C@@H]1C[C@@H](C)[C@](OC)(C(=O)COC(=O)Cc2cscc2NC(=O)[C@@H](NC(=O)OC(C)(C)C)C(C)C)C1. The minimum Gasteiger partial charge on any atom is -0.457 e. The van der Waals surface area contributed by atoms with Gasteiger partial charge in [0.2, 0.25) is 11.7 Å². The fraction of sp³-hybridized carbons (Fsp3) is 0.733. The third-order valence-electron chi connectivity index (χ3n) is 7.45. The normalized spacial score (nSPS) is 21.6. The van der Waals surface area contributed by atoms with E-state index in [1.807, 2.05) is 20.8 Å². The molecular weight excluding hydrogens is 532 g/mol. The minimum absolute atomic E-state index is 0.0530. The molecule has 2 rings (SSSR count). The van der Waals surface area contributed by atoms with Crippen LogP contribution in [0, 0.1) is 17.8 Å². The average molecular weight is 581 g/mol. The Balaban J connectivity index is 1.95. The monoisotopic (exact) mass is 580 g/mol. The first kappa shape index (κ1) is 33.7. The van der Waals surface area contributed by atoms with Gasteiger partial charge in [0.25, 0.3) is 0 Å². The fourth-order valence-corrected chi connectivity index (χ4v) is 6.11. The molecule has 2 amide bonds. The molecule has 0 bridgehead atoms. The zero-order valence-electron chi connectivity index (χ0n) is 25.4. The van der Waals surface area contributed by atoms with E-state index in [1.165, 1.54) is 17.8 Å². The van der Waals surface area contributed by atoms with Crippen LogP contribution in [0.4, 0.5) is 10.5 Å². The van der Waals surface area contributed by atoms with Crippen LogP contribution in [0.15, 0.2) is 10.8 Å². The van der Waals surface area contributed by atoms with Gasteiger partial charge < -0.3 is 24.8 Å². The van der Waals surface area contributed by atoms with Gasteiger partial charge in [0.1, 0.15) is 17.2 Å². The summed E-state index contributed by atoms with van der Waals surface area (Å²) in [6, 6.07) is -0.836. The molecule has 0 saturated heterocycles. The van der Waals surface area contributed by atoms with Gasteiger partial charge >= 0.3 is 12.1 Å². The first-order chi connectivity index (χ1) is 18.7. The summed E-state index contributed by atoms with van der Waals surface area (Å²) in [4.78, 5) is 51.2. The van der Waals surface area contributed by atoms with Crippen LogP contribution < -0.4 is 10.6 Å². The van der Waals surface area contributed by atoms with Gasteiger partial charge in [-0.2, -0.15) is 0 Å². The zero-order valence-corrected chi connectivity index (χ0v) is 26.2. The molecule has 9 nitrogen and oxygen atoms in total. The number of anilines is 1. The summed E-state index contributed by atoms with van der Waals surface area (Å²) in [7, 11) is 1.56. The van der Waals surface area contributed by atoms with Crippen LogP contribution >= 0.6 is 11.3 Å². The van der Waals surface area contributed by atoms with Crippen LogP contribution in [0.5, 0.6) is 0 Å². The topological polar surface area (TPSA) is 120 Å². The molecule has 1 aliphatic carbocycles. The molecule has 0 spiro atoms. The number of nitrogens with one attached hydrogen (secondary N) is 2. The summed E-state index contributed by atoms with van der Waals surface area (Å²) in [6.07, 6.45) is 5.35. The maximum Gasteiger partial charge on any atom is 0.408 e. The highest BCUT2D eigenvalue weighted by Gasteiger charge is 2.50. The number of esters is 1. The average Bonchev–Trinajstić information content (AvgIpc) is 3.43. The molecule has 0 aliphatic heterocycles. The van der Waals surface area contributed by atoms with Crippen molar-refractivity contribution in [2.45, 2.75) is 111 Å². The van der Waals surface area contributed by atoms with Crippen LogP contribution in [0.2, 0.25) is 0 Å². The summed E-state index contributed by atoms with van der Waals surface area (Å²) >= 11 is 1.33. The van der Waals surface area contributed by atoms with Gasteiger partial charge in [-0.15, -0.1) is 11.3 Å². The molecule has 1 aromatic rings. The van der Waals surface area contributed by atoms with E-state index >= 15 is 0 Å². The second-order valence-electron chi connectivity index (χ2n) is 12.2. The largest absolute Gasteiger partial charge is 0.457 e. The van der Waals surface area contributed by atoms with Crippen molar-refractivity contribution < 1.29 is 33.4 Å². The number of carbonyl (C=O) groups excluding carboxylic acids is 4. The van der Waals surface area contributed by atoms with Gasteiger partial charge in [-0.1, -0.05) is 53.4 Å². The Hall–Kier alpha value is -2.46. The van der Waals surface area contributed by atoms with Crippen LogP contribution in [0.3, 0.4) is 0 Å². The standard InChI is InChI=1S/C30H48N2O7S/c1-9-10-11-12-21-13-20(4)30(15-21,37-8)24(33)16-38-25(34)14-22-17-40-18-23(22)31-27(35)26(19(2)3)32-28(36)39-29(5,6)7/h17-21,26H,9-16H2,1-8H3,(H,31,35)(H,32,36)/t20-,21-,26+,30+/m1/s1. The Kier molecular flexibility index (Phi) is 12.6. The second kappa shape index (κ2) is 15.0. The molecule has 0 radical (unpaired) electrons. The van der Waals surface area contributed by atoms with E-state index in [0.29, 0.717) is 23.6 Å². The first-order valence-corrected chi connectivity index (χ1v) is 15.3. The number of Topliss-reactive ketones (excluding diaryl/α,β-unsaturated/α-hetero) is 1. The van der Waals surface area contributed by atoms with Crippen molar-refractivity contribution in [3.63, 3.8) is 0 Å². The van der Waals surface area contributed by atoms with Crippen LogP contribution in [-0.4, -0.2) is 54.7 Å². The molecule has 1 heterocycles. The summed E-state index contributed by atoms with van der Waals surface area (Å²) in [6.45, 7) is 12.7. The number of carbonyl (C=O) groups is 4. The van der Waals surface area contributed by atoms with Crippen LogP contribution in [0.25, 0.3) is 0 Å². The second-order valence-corrected chi connectivity index (χ2v) is 13.0. The van der Waals surface area contributed by atoms with E-state index in [0.717, 1.165) is 25.7 Å². The summed E-state index contributed by atoms with van der Waals surface area (Å²) in [5.74, 6) is -0.917. The zero-order chi connectivity index (χ0) is 30.1. The lowest BCUT2D eigenvalue weighted by molar-refractivity contribution is -0.158. The molecule has 40 heavy (non-hydrogen) atoms. The molecule has 1 aliphatic rings. The summed E-state index contributed by atoms with van der Waals surface area (Å²) in [5.41, 5.74) is -0.588. The highest BCUT2D eigenvalue weighted by Crippen LogP contribution is 2.44. The van der Waals surface area contributed by atoms with Gasteiger partial charge in [0.15, 0.2) is 6.61 Å². The molecule has 1 aromatic heterocycles. The number of amides is 2. The molecular formula is C30H48N2O7S. The molecule has 1 saturated carbocycles. The lowest BCUT2D eigenvalue weighted by Crippen LogP contribution is -2.48. The predicted octanol–water partition coefficient (Wildman–Crippen LogP) is 5.90. The molecule has 0 unspecified atom stereocenters. The number of unbranched alkanes of at least 4 members (excludes halogenated alkanes) is 2. The van der Waals surface area contributed by atoms with Crippen molar-refractivity contribution in [1.29, 1.82) is 0 Å². The Morgan fingerprint density at radius 1 is 1.15 bits per heavy atom. The molecule has 226 valence electrons. The van der Waals surface area contributed by atoms with E-state index in [9.17, 15) is 19.2 Å². The van der Waals surface area contributed by atoms with Crippen LogP contribution in [0.1, 0.15) is 92.6 Å². The summed E-state index contributed by atoms with van der Waals surface area (Å²) in [5, 5.41) is 8.90. The van der Waals surface area contributed by atoms with E-state index < -0.39 is 35.2 Å². The third-order valence-corrected chi connectivity index (χ3v) is 8.24. The Labute approximate surface area is 243 Å². The van der Waals surface area contributed by atoms with Gasteiger partial charge in [-0.25, -0.2) is 4.79 Å². The van der Waals surface area contributed by atoms with Crippen LogP contribution in [-0.2, 0) is 35.0 Å². The Morgan fingerprint density at radius 2 is 1.85 bits per heavy atom. The van der Waals surface area contributed by atoms with E-state index in [4.69, 9.17) is 14.2 Å². The number of alkyl carbamates (subject to hydrolysis) is 1. The highest BCUT2D eigenvalue weighted by molar-refractivity contribution is 7.08. The molecule has 10 heteroatoms. The van der Waals surface area contributed by atoms with Gasteiger partial charge in [-0.3, -0.25) is 14.4 Å². The predicted molar refractivity (Wildman–Crippen MR) is 156 cm³/mol. The van der Waals surface area contributed by atoms with E-state index in [2.05, 4.69) is 17.6 Å².